The first-order chi connectivity index (χ1) is 17.8. The molecule has 3 aromatic carbocycles. The van der Waals surface area contributed by atoms with E-state index in [9.17, 15) is 18.0 Å². The van der Waals surface area contributed by atoms with Gasteiger partial charge in [-0.1, -0.05) is 54.1 Å². The van der Waals surface area contributed by atoms with Crippen LogP contribution in [0.5, 0.6) is 0 Å². The van der Waals surface area contributed by atoms with Crippen LogP contribution in [-0.2, 0) is 27.8 Å². The lowest BCUT2D eigenvalue weighted by atomic mass is 10.1. The third-order valence-electron chi connectivity index (χ3n) is 5.88. The SMILES string of the molecule is CCOC(=O)n1nc(NS(=O)(=O)c2cccc3c(Cl)cccc23)c2c1CN(C(=O)Nc1ccccc1)C2. The van der Waals surface area contributed by atoms with Gasteiger partial charge in [0.2, 0.25) is 0 Å². The summed E-state index contributed by atoms with van der Waals surface area (Å²) in [5.41, 5.74) is 1.37. The zero-order valence-electron chi connectivity index (χ0n) is 19.6. The van der Waals surface area contributed by atoms with E-state index in [2.05, 4.69) is 15.1 Å². The monoisotopic (exact) mass is 539 g/mol. The quantitative estimate of drug-likeness (QED) is 0.366. The number of urea groups is 1. The number of carbonyl (C=O) groups is 2. The van der Waals surface area contributed by atoms with E-state index in [0.29, 0.717) is 32.7 Å². The molecule has 10 nitrogen and oxygen atoms in total. The first-order valence-electron chi connectivity index (χ1n) is 11.4. The number of sulfonamides is 1. The van der Waals surface area contributed by atoms with Crippen molar-refractivity contribution in [2.24, 2.45) is 0 Å². The molecule has 1 aliphatic heterocycles. The molecule has 0 spiro atoms. The van der Waals surface area contributed by atoms with E-state index in [1.54, 1.807) is 61.5 Å². The van der Waals surface area contributed by atoms with Gasteiger partial charge >= 0.3 is 12.1 Å². The van der Waals surface area contributed by atoms with E-state index in [-0.39, 0.29) is 30.4 Å². The van der Waals surface area contributed by atoms with E-state index in [1.807, 2.05) is 6.07 Å². The highest BCUT2D eigenvalue weighted by atomic mass is 35.5. The fourth-order valence-corrected chi connectivity index (χ4v) is 5.68. The molecule has 2 amide bonds. The number of benzene rings is 3. The molecule has 1 aromatic heterocycles. The van der Waals surface area contributed by atoms with Gasteiger partial charge in [0.15, 0.2) is 5.82 Å². The Hall–Kier alpha value is -4.09. The molecule has 2 heterocycles. The summed E-state index contributed by atoms with van der Waals surface area (Å²) >= 11 is 6.26. The lowest BCUT2D eigenvalue weighted by Gasteiger charge is -2.17. The summed E-state index contributed by atoms with van der Waals surface area (Å²) in [6, 6.07) is 18.3. The highest BCUT2D eigenvalue weighted by Crippen LogP contribution is 2.33. The summed E-state index contributed by atoms with van der Waals surface area (Å²) in [5, 5.41) is 8.43. The molecule has 1 aliphatic rings. The van der Waals surface area contributed by atoms with Gasteiger partial charge < -0.3 is 15.0 Å². The van der Waals surface area contributed by atoms with Crippen molar-refractivity contribution < 1.29 is 22.7 Å². The number of anilines is 2. The Morgan fingerprint density at radius 2 is 1.73 bits per heavy atom. The molecule has 0 saturated heterocycles. The summed E-state index contributed by atoms with van der Waals surface area (Å²) < 4.78 is 35.5. The first kappa shape index (κ1) is 24.6. The number of aromatic nitrogens is 2. The van der Waals surface area contributed by atoms with Crippen LogP contribution < -0.4 is 10.0 Å². The molecule has 0 atom stereocenters. The van der Waals surface area contributed by atoms with Gasteiger partial charge in [-0.15, -0.1) is 5.10 Å². The van der Waals surface area contributed by atoms with Crippen LogP contribution in [0.15, 0.2) is 71.6 Å². The topological polar surface area (TPSA) is 123 Å². The van der Waals surface area contributed by atoms with Gasteiger partial charge in [-0.05, 0) is 31.2 Å². The van der Waals surface area contributed by atoms with Crippen molar-refractivity contribution in [1.29, 1.82) is 0 Å². The molecule has 0 saturated carbocycles. The Labute approximate surface area is 217 Å². The number of hydrogen-bond acceptors (Lipinski definition) is 6. The van der Waals surface area contributed by atoms with Crippen molar-refractivity contribution in [3.8, 4) is 0 Å². The average molecular weight is 540 g/mol. The number of halogens is 1. The number of amides is 2. The van der Waals surface area contributed by atoms with Crippen molar-refractivity contribution in [2.75, 3.05) is 16.6 Å². The molecule has 12 heteroatoms. The summed E-state index contributed by atoms with van der Waals surface area (Å²) in [7, 11) is -4.14. The van der Waals surface area contributed by atoms with Crippen molar-refractivity contribution in [3.05, 3.63) is 83.0 Å². The largest absolute Gasteiger partial charge is 0.448 e. The average Bonchev–Trinajstić information content (AvgIpc) is 3.45. The Morgan fingerprint density at radius 1 is 1.00 bits per heavy atom. The lowest BCUT2D eigenvalue weighted by Crippen LogP contribution is -2.31. The van der Waals surface area contributed by atoms with Gasteiger partial charge in [0.05, 0.1) is 30.3 Å². The summed E-state index contributed by atoms with van der Waals surface area (Å²) in [6.45, 7) is 1.82. The van der Waals surface area contributed by atoms with Crippen LogP contribution in [0.25, 0.3) is 10.8 Å². The summed E-state index contributed by atoms with van der Waals surface area (Å²) in [4.78, 5) is 27.0. The maximum Gasteiger partial charge on any atom is 0.435 e. The predicted molar refractivity (Wildman–Crippen MR) is 139 cm³/mol. The summed E-state index contributed by atoms with van der Waals surface area (Å²) in [5.74, 6) is -0.0582. The minimum Gasteiger partial charge on any atom is -0.448 e. The molecular weight excluding hydrogens is 518 g/mol. The standard InChI is InChI=1S/C25H22ClN5O5S/c1-2-36-25(33)31-21-15-30(24(32)27-16-8-4-3-5-9-16)14-19(21)23(28-31)29-37(34,35)22-13-7-10-17-18(22)11-6-12-20(17)26/h3-13H,2,14-15H2,1H3,(H,27,32)(H,28,29). The van der Waals surface area contributed by atoms with Crippen molar-refractivity contribution in [3.63, 3.8) is 0 Å². The van der Waals surface area contributed by atoms with E-state index in [4.69, 9.17) is 16.3 Å². The zero-order chi connectivity index (χ0) is 26.2. The zero-order valence-corrected chi connectivity index (χ0v) is 21.2. The molecule has 0 bridgehead atoms. The Morgan fingerprint density at radius 3 is 2.49 bits per heavy atom. The minimum absolute atomic E-state index is 0.00334. The molecular formula is C25H22ClN5O5S. The number of hydrogen-bond donors (Lipinski definition) is 2. The van der Waals surface area contributed by atoms with Gasteiger partial charge in [0, 0.05) is 27.0 Å². The van der Waals surface area contributed by atoms with E-state index in [1.165, 1.54) is 11.0 Å². The van der Waals surface area contributed by atoms with Gasteiger partial charge in [-0.25, -0.2) is 18.0 Å². The maximum absolute atomic E-state index is 13.5. The van der Waals surface area contributed by atoms with Gasteiger partial charge in [0.25, 0.3) is 10.0 Å². The number of rotatable bonds is 5. The number of nitrogens with zero attached hydrogens (tertiary/aromatic N) is 3. The molecule has 2 N–H and O–H groups in total. The normalized spacial score (nSPS) is 12.9. The second kappa shape index (κ2) is 9.75. The van der Waals surface area contributed by atoms with Crippen LogP contribution in [0.1, 0.15) is 18.2 Å². The van der Waals surface area contributed by atoms with Crippen LogP contribution in [0.4, 0.5) is 21.1 Å². The maximum atomic E-state index is 13.5. The van der Waals surface area contributed by atoms with Crippen LogP contribution >= 0.6 is 11.6 Å². The predicted octanol–water partition coefficient (Wildman–Crippen LogP) is 5.04. The first-order valence-corrected chi connectivity index (χ1v) is 13.2. The highest BCUT2D eigenvalue weighted by Gasteiger charge is 2.35. The number of ether oxygens (including phenoxy) is 1. The smallest absolute Gasteiger partial charge is 0.435 e. The molecule has 0 unspecified atom stereocenters. The second-order valence-electron chi connectivity index (χ2n) is 8.23. The molecule has 0 aliphatic carbocycles. The Balaban J connectivity index is 1.49. The number of carbonyl (C=O) groups excluding carboxylic acids is 2. The molecule has 190 valence electrons. The van der Waals surface area contributed by atoms with Crippen molar-refractivity contribution >= 4 is 56.0 Å². The molecule has 0 radical (unpaired) electrons. The molecule has 4 aromatic rings. The van der Waals surface area contributed by atoms with Crippen LogP contribution in [-0.4, -0.2) is 41.8 Å². The van der Waals surface area contributed by atoms with E-state index >= 15 is 0 Å². The Bertz CT molecular complexity index is 1620. The fraction of sp³-hybridized carbons (Fsp3) is 0.160. The van der Waals surface area contributed by atoms with Gasteiger partial charge in [-0.2, -0.15) is 4.68 Å². The molecule has 37 heavy (non-hydrogen) atoms. The molecule has 0 fully saturated rings. The third kappa shape index (κ3) is 4.70. The fourth-order valence-electron chi connectivity index (χ4n) is 4.19. The van der Waals surface area contributed by atoms with E-state index in [0.717, 1.165) is 4.68 Å². The van der Waals surface area contributed by atoms with Crippen LogP contribution in [0.3, 0.4) is 0 Å². The van der Waals surface area contributed by atoms with Gasteiger partial charge in [-0.3, -0.25) is 4.72 Å². The molecule has 5 rings (SSSR count). The lowest BCUT2D eigenvalue weighted by molar-refractivity contribution is 0.148. The van der Waals surface area contributed by atoms with Crippen LogP contribution in [0, 0.1) is 0 Å². The third-order valence-corrected chi connectivity index (χ3v) is 7.61. The minimum atomic E-state index is -4.14. The van der Waals surface area contributed by atoms with Crippen molar-refractivity contribution in [2.45, 2.75) is 24.9 Å². The van der Waals surface area contributed by atoms with Crippen molar-refractivity contribution in [1.82, 2.24) is 14.7 Å². The number of fused-ring (bicyclic) bond motifs is 2. The Kier molecular flexibility index (Phi) is 6.48. The van der Waals surface area contributed by atoms with Gasteiger partial charge in [0.1, 0.15) is 0 Å². The second-order valence-corrected chi connectivity index (χ2v) is 10.3. The highest BCUT2D eigenvalue weighted by molar-refractivity contribution is 7.93. The number of nitrogens with one attached hydrogen (secondary N) is 2. The number of para-hydroxylation sites is 1. The summed E-state index contributed by atoms with van der Waals surface area (Å²) in [6.07, 6.45) is -0.772. The van der Waals surface area contributed by atoms with E-state index < -0.39 is 22.1 Å². The van der Waals surface area contributed by atoms with Crippen LogP contribution in [0.2, 0.25) is 5.02 Å².